The van der Waals surface area contributed by atoms with Crippen molar-refractivity contribution >= 4 is 38.9 Å². The maximum absolute atomic E-state index is 13.2. The number of hydrogen-bond acceptors (Lipinski definition) is 3. The molecule has 0 aliphatic rings. The Morgan fingerprint density at radius 2 is 1.96 bits per heavy atom. The van der Waals surface area contributed by atoms with Crippen LogP contribution in [0.25, 0.3) is 0 Å². The lowest BCUT2D eigenvalue weighted by molar-refractivity contribution is -0.115. The minimum absolute atomic E-state index is 0.139. The predicted octanol–water partition coefficient (Wildman–Crippen LogP) is 5.28. The Kier molecular flexibility index (Phi) is 6.19. The molecule has 3 aromatic rings. The van der Waals surface area contributed by atoms with Crippen LogP contribution in [0.4, 0.5) is 10.1 Å². The minimum Gasteiger partial charge on any atom is -0.324 e. The molecule has 3 nitrogen and oxygen atoms in total. The first-order chi connectivity index (χ1) is 12.5. The number of aryl methyl sites for hydroxylation is 1. The fraction of sp³-hybridized carbons (Fsp3) is 0.150. The molecule has 26 heavy (non-hydrogen) atoms. The molecule has 2 N–H and O–H groups in total. The van der Waals surface area contributed by atoms with Crippen LogP contribution in [-0.2, 0) is 4.79 Å². The summed E-state index contributed by atoms with van der Waals surface area (Å²) in [6, 6.07) is 15.9. The Morgan fingerprint density at radius 3 is 2.62 bits per heavy atom. The second-order valence-electron chi connectivity index (χ2n) is 5.91. The van der Waals surface area contributed by atoms with Gasteiger partial charge in [0.05, 0.1) is 18.3 Å². The molecule has 0 aliphatic heterocycles. The molecule has 1 heterocycles. The molecule has 134 valence electrons. The van der Waals surface area contributed by atoms with E-state index in [1.165, 1.54) is 12.1 Å². The van der Waals surface area contributed by atoms with Crippen LogP contribution in [0.2, 0.25) is 0 Å². The zero-order valence-electron chi connectivity index (χ0n) is 14.1. The Balaban J connectivity index is 1.69. The topological polar surface area (TPSA) is 41.1 Å². The van der Waals surface area contributed by atoms with Gasteiger partial charge in [-0.2, -0.15) is 0 Å². The van der Waals surface area contributed by atoms with Gasteiger partial charge in [-0.3, -0.25) is 10.1 Å². The number of benzene rings is 2. The molecule has 1 amide bonds. The Labute approximate surface area is 164 Å². The van der Waals surface area contributed by atoms with Crippen molar-refractivity contribution in [2.24, 2.45) is 0 Å². The molecule has 2 aromatic carbocycles. The van der Waals surface area contributed by atoms with Crippen LogP contribution < -0.4 is 10.6 Å². The normalized spacial score (nSPS) is 12.0. The highest BCUT2D eigenvalue weighted by Crippen LogP contribution is 2.26. The lowest BCUT2D eigenvalue weighted by Gasteiger charge is -2.18. The zero-order chi connectivity index (χ0) is 18.5. The molecule has 1 unspecified atom stereocenters. The highest BCUT2D eigenvalue weighted by Gasteiger charge is 2.16. The van der Waals surface area contributed by atoms with Crippen LogP contribution >= 0.6 is 27.3 Å². The summed E-state index contributed by atoms with van der Waals surface area (Å²) < 4.78 is 14.1. The highest BCUT2D eigenvalue weighted by molar-refractivity contribution is 9.10. The van der Waals surface area contributed by atoms with Gasteiger partial charge in [-0.1, -0.05) is 24.3 Å². The summed E-state index contributed by atoms with van der Waals surface area (Å²) in [4.78, 5) is 13.4. The molecule has 0 saturated carbocycles. The van der Waals surface area contributed by atoms with Crippen LogP contribution in [0.5, 0.6) is 0 Å². The van der Waals surface area contributed by atoms with Gasteiger partial charge in [0.1, 0.15) is 5.82 Å². The monoisotopic (exact) mass is 432 g/mol. The van der Waals surface area contributed by atoms with Gasteiger partial charge in [0.2, 0.25) is 5.91 Å². The number of rotatable bonds is 6. The maximum atomic E-state index is 13.2. The van der Waals surface area contributed by atoms with E-state index in [4.69, 9.17) is 0 Å². The van der Waals surface area contributed by atoms with Gasteiger partial charge in [-0.25, -0.2) is 4.39 Å². The van der Waals surface area contributed by atoms with Gasteiger partial charge >= 0.3 is 0 Å². The number of hydrogen-bond donors (Lipinski definition) is 2. The molecule has 0 aliphatic carbocycles. The number of anilines is 1. The van der Waals surface area contributed by atoms with Gasteiger partial charge in [0.25, 0.3) is 0 Å². The summed E-state index contributed by atoms with van der Waals surface area (Å²) in [6.07, 6.45) is 0. The van der Waals surface area contributed by atoms with Crippen molar-refractivity contribution in [2.45, 2.75) is 13.0 Å². The molecule has 0 radical (unpaired) electrons. The van der Waals surface area contributed by atoms with Crippen LogP contribution in [0.15, 0.2) is 64.5 Å². The predicted molar refractivity (Wildman–Crippen MR) is 108 cm³/mol. The quantitative estimate of drug-likeness (QED) is 0.556. The first-order valence-corrected chi connectivity index (χ1v) is 9.78. The number of halogens is 2. The van der Waals surface area contributed by atoms with Gasteiger partial charge < -0.3 is 5.32 Å². The van der Waals surface area contributed by atoms with E-state index in [1.807, 2.05) is 42.6 Å². The molecule has 1 aromatic heterocycles. The van der Waals surface area contributed by atoms with E-state index in [1.54, 1.807) is 23.5 Å². The highest BCUT2D eigenvalue weighted by atomic mass is 79.9. The summed E-state index contributed by atoms with van der Waals surface area (Å²) >= 11 is 5.06. The van der Waals surface area contributed by atoms with Gasteiger partial charge in [0.15, 0.2) is 0 Å². The Morgan fingerprint density at radius 1 is 1.19 bits per heavy atom. The summed E-state index contributed by atoms with van der Waals surface area (Å²) in [5.74, 6) is -0.418. The lowest BCUT2D eigenvalue weighted by Crippen LogP contribution is -2.31. The van der Waals surface area contributed by atoms with E-state index in [0.717, 1.165) is 26.2 Å². The Bertz CT molecular complexity index is 881. The van der Waals surface area contributed by atoms with E-state index < -0.39 is 0 Å². The second-order valence-corrected chi connectivity index (χ2v) is 7.75. The standard InChI is InChI=1S/C20H18BrFN2OS/c1-13-4-9-17(16(21)11-13)24-19(25)12-23-20(18-3-2-10-26-18)14-5-7-15(22)8-6-14/h2-11,20,23H,12H2,1H3,(H,24,25). The molecular formula is C20H18BrFN2OS. The first-order valence-electron chi connectivity index (χ1n) is 8.11. The van der Waals surface area contributed by atoms with Crippen LogP contribution in [0.3, 0.4) is 0 Å². The SMILES string of the molecule is Cc1ccc(NC(=O)CNC(c2ccc(F)cc2)c2cccs2)c(Br)c1. The van der Waals surface area contributed by atoms with E-state index in [9.17, 15) is 9.18 Å². The fourth-order valence-corrected chi connectivity index (χ4v) is 4.02. The number of nitrogens with one attached hydrogen (secondary N) is 2. The van der Waals surface area contributed by atoms with Crippen LogP contribution in [0.1, 0.15) is 22.0 Å². The Hall–Kier alpha value is -2.02. The van der Waals surface area contributed by atoms with Crippen molar-refractivity contribution in [1.29, 1.82) is 0 Å². The zero-order valence-corrected chi connectivity index (χ0v) is 16.5. The van der Waals surface area contributed by atoms with Crippen molar-refractivity contribution < 1.29 is 9.18 Å². The average molecular weight is 433 g/mol. The molecule has 0 saturated heterocycles. The molecule has 3 rings (SSSR count). The maximum Gasteiger partial charge on any atom is 0.238 e. The van der Waals surface area contributed by atoms with Crippen molar-refractivity contribution in [3.05, 3.63) is 86.3 Å². The average Bonchev–Trinajstić information content (AvgIpc) is 3.13. The molecular weight excluding hydrogens is 415 g/mol. The molecule has 6 heteroatoms. The largest absolute Gasteiger partial charge is 0.324 e. The number of carbonyl (C=O) groups excluding carboxylic acids is 1. The summed E-state index contributed by atoms with van der Waals surface area (Å²) in [5.41, 5.74) is 2.76. The minimum atomic E-state index is -0.277. The molecule has 0 fully saturated rings. The number of carbonyl (C=O) groups is 1. The van der Waals surface area contributed by atoms with Crippen LogP contribution in [-0.4, -0.2) is 12.5 Å². The third-order valence-corrected chi connectivity index (χ3v) is 5.49. The number of amides is 1. The number of thiophene rings is 1. The smallest absolute Gasteiger partial charge is 0.238 e. The van der Waals surface area contributed by atoms with Gasteiger partial charge in [0, 0.05) is 9.35 Å². The molecule has 0 bridgehead atoms. The summed E-state index contributed by atoms with van der Waals surface area (Å²) in [7, 11) is 0. The van der Waals surface area contributed by atoms with Crippen molar-refractivity contribution in [2.75, 3.05) is 11.9 Å². The third kappa shape index (κ3) is 4.78. The van der Waals surface area contributed by atoms with E-state index in [-0.39, 0.29) is 24.3 Å². The third-order valence-electron chi connectivity index (χ3n) is 3.90. The van der Waals surface area contributed by atoms with Crippen molar-refractivity contribution in [3.8, 4) is 0 Å². The summed E-state index contributed by atoms with van der Waals surface area (Å²) in [5, 5.41) is 8.15. The fourth-order valence-electron chi connectivity index (χ4n) is 2.60. The van der Waals surface area contributed by atoms with Crippen molar-refractivity contribution in [3.63, 3.8) is 0 Å². The summed E-state index contributed by atoms with van der Waals surface area (Å²) in [6.45, 7) is 2.13. The van der Waals surface area contributed by atoms with E-state index in [0.29, 0.717) is 0 Å². The lowest BCUT2D eigenvalue weighted by atomic mass is 10.1. The first kappa shape index (κ1) is 18.8. The molecule has 0 spiro atoms. The van der Waals surface area contributed by atoms with Crippen LogP contribution in [0, 0.1) is 12.7 Å². The van der Waals surface area contributed by atoms with Crippen molar-refractivity contribution in [1.82, 2.24) is 5.32 Å². The van der Waals surface area contributed by atoms with Gasteiger partial charge in [-0.05, 0) is 69.7 Å². The second kappa shape index (κ2) is 8.58. The van der Waals surface area contributed by atoms with E-state index >= 15 is 0 Å². The molecule has 1 atom stereocenters. The van der Waals surface area contributed by atoms with Gasteiger partial charge in [-0.15, -0.1) is 11.3 Å². The van der Waals surface area contributed by atoms with E-state index in [2.05, 4.69) is 26.6 Å².